The molecule has 2 nitrogen and oxygen atoms in total. The van der Waals surface area contributed by atoms with E-state index >= 15 is 0 Å². The van der Waals surface area contributed by atoms with Gasteiger partial charge in [-0.1, -0.05) is 30.3 Å². The standard InChI is InChI=1S/C11H18N2/c1-10(12-2)8-13-9-11-6-4-3-5-7-11/h3-7,10,12-13H,8-9H2,1-2H3/t10-/m0/s1. The highest BCUT2D eigenvalue weighted by molar-refractivity contribution is 5.14. The maximum absolute atomic E-state index is 3.39. The van der Waals surface area contributed by atoms with E-state index in [0.29, 0.717) is 6.04 Å². The molecule has 0 saturated heterocycles. The molecular formula is C11H18N2. The minimum Gasteiger partial charge on any atom is -0.316 e. The topological polar surface area (TPSA) is 24.1 Å². The lowest BCUT2D eigenvalue weighted by molar-refractivity contribution is 0.541. The Kier molecular flexibility index (Phi) is 4.50. The molecule has 0 bridgehead atoms. The third-order valence-corrected chi connectivity index (χ3v) is 2.12. The zero-order valence-electron chi connectivity index (χ0n) is 8.38. The van der Waals surface area contributed by atoms with E-state index in [1.54, 1.807) is 0 Å². The molecule has 0 saturated carbocycles. The van der Waals surface area contributed by atoms with Gasteiger partial charge in [0.1, 0.15) is 0 Å². The summed E-state index contributed by atoms with van der Waals surface area (Å²) in [7, 11) is 1.98. The van der Waals surface area contributed by atoms with Gasteiger partial charge in [-0.3, -0.25) is 0 Å². The molecule has 1 aromatic carbocycles. The van der Waals surface area contributed by atoms with Gasteiger partial charge >= 0.3 is 0 Å². The summed E-state index contributed by atoms with van der Waals surface area (Å²) in [5.41, 5.74) is 1.34. The SMILES string of the molecule is CN[C@@H](C)CNCc1ccccc1. The summed E-state index contributed by atoms with van der Waals surface area (Å²) in [4.78, 5) is 0. The van der Waals surface area contributed by atoms with Crippen LogP contribution >= 0.6 is 0 Å². The number of hydrogen-bond donors (Lipinski definition) is 2. The fraction of sp³-hybridized carbons (Fsp3) is 0.455. The molecule has 2 N–H and O–H groups in total. The maximum atomic E-state index is 3.39. The molecule has 1 rings (SSSR count). The largest absolute Gasteiger partial charge is 0.316 e. The summed E-state index contributed by atoms with van der Waals surface area (Å²) in [6.45, 7) is 4.12. The predicted molar refractivity (Wildman–Crippen MR) is 56.7 cm³/mol. The highest BCUT2D eigenvalue weighted by Gasteiger charge is 1.96. The van der Waals surface area contributed by atoms with Crippen LogP contribution in [-0.4, -0.2) is 19.6 Å². The van der Waals surface area contributed by atoms with Crippen LogP contribution in [-0.2, 0) is 6.54 Å². The molecule has 0 aliphatic carbocycles. The first-order valence-electron chi connectivity index (χ1n) is 4.75. The molecule has 0 amide bonds. The van der Waals surface area contributed by atoms with Crippen LogP contribution in [0.1, 0.15) is 12.5 Å². The van der Waals surface area contributed by atoms with Crippen LogP contribution in [0, 0.1) is 0 Å². The molecule has 0 aromatic heterocycles. The number of likely N-dealkylation sites (N-methyl/N-ethyl adjacent to an activating group) is 1. The van der Waals surface area contributed by atoms with Crippen LogP contribution in [0.3, 0.4) is 0 Å². The Bertz CT molecular complexity index is 221. The summed E-state index contributed by atoms with van der Waals surface area (Å²) < 4.78 is 0. The lowest BCUT2D eigenvalue weighted by Gasteiger charge is -2.10. The van der Waals surface area contributed by atoms with Crippen LogP contribution < -0.4 is 10.6 Å². The van der Waals surface area contributed by atoms with Crippen molar-refractivity contribution < 1.29 is 0 Å². The van der Waals surface area contributed by atoms with Crippen molar-refractivity contribution >= 4 is 0 Å². The first-order chi connectivity index (χ1) is 6.33. The van der Waals surface area contributed by atoms with Crippen LogP contribution in [0.2, 0.25) is 0 Å². The molecule has 2 heteroatoms. The smallest absolute Gasteiger partial charge is 0.0206 e. The molecule has 0 aliphatic rings. The van der Waals surface area contributed by atoms with Gasteiger partial charge in [-0.2, -0.15) is 0 Å². The van der Waals surface area contributed by atoms with E-state index in [1.165, 1.54) is 5.56 Å². The van der Waals surface area contributed by atoms with Crippen molar-refractivity contribution in [2.24, 2.45) is 0 Å². The second kappa shape index (κ2) is 5.73. The monoisotopic (exact) mass is 178 g/mol. The van der Waals surface area contributed by atoms with Gasteiger partial charge in [0.05, 0.1) is 0 Å². The zero-order valence-corrected chi connectivity index (χ0v) is 8.38. The molecule has 0 spiro atoms. The van der Waals surface area contributed by atoms with Gasteiger partial charge in [0.2, 0.25) is 0 Å². The summed E-state index contributed by atoms with van der Waals surface area (Å²) in [6, 6.07) is 11.0. The van der Waals surface area contributed by atoms with Gasteiger partial charge in [0.15, 0.2) is 0 Å². The van der Waals surface area contributed by atoms with Gasteiger partial charge in [-0.25, -0.2) is 0 Å². The summed E-state index contributed by atoms with van der Waals surface area (Å²) >= 11 is 0. The molecule has 13 heavy (non-hydrogen) atoms. The molecule has 0 radical (unpaired) electrons. The van der Waals surface area contributed by atoms with E-state index in [9.17, 15) is 0 Å². The van der Waals surface area contributed by atoms with Crippen LogP contribution in [0.25, 0.3) is 0 Å². The maximum Gasteiger partial charge on any atom is 0.0206 e. The molecule has 0 unspecified atom stereocenters. The second-order valence-corrected chi connectivity index (χ2v) is 3.31. The van der Waals surface area contributed by atoms with Gasteiger partial charge in [-0.05, 0) is 19.5 Å². The molecule has 0 heterocycles. The van der Waals surface area contributed by atoms with Crippen molar-refractivity contribution in [2.75, 3.05) is 13.6 Å². The minimum absolute atomic E-state index is 0.531. The first kappa shape index (κ1) is 10.2. The molecule has 0 aliphatic heterocycles. The van der Waals surface area contributed by atoms with E-state index in [4.69, 9.17) is 0 Å². The quantitative estimate of drug-likeness (QED) is 0.712. The van der Waals surface area contributed by atoms with E-state index in [0.717, 1.165) is 13.1 Å². The van der Waals surface area contributed by atoms with Crippen LogP contribution in [0.5, 0.6) is 0 Å². The molecular weight excluding hydrogens is 160 g/mol. The third kappa shape index (κ3) is 4.06. The van der Waals surface area contributed by atoms with Crippen LogP contribution in [0.4, 0.5) is 0 Å². The Morgan fingerprint density at radius 1 is 1.23 bits per heavy atom. The van der Waals surface area contributed by atoms with Crippen molar-refractivity contribution in [1.82, 2.24) is 10.6 Å². The van der Waals surface area contributed by atoms with Gasteiger partial charge in [0, 0.05) is 19.1 Å². The van der Waals surface area contributed by atoms with Crippen LogP contribution in [0.15, 0.2) is 30.3 Å². The summed E-state index contributed by atoms with van der Waals surface area (Å²) in [6.07, 6.45) is 0. The van der Waals surface area contributed by atoms with Gasteiger partial charge in [0.25, 0.3) is 0 Å². The molecule has 1 atom stereocenters. The van der Waals surface area contributed by atoms with E-state index in [1.807, 2.05) is 13.1 Å². The Labute approximate surface area is 80.4 Å². The van der Waals surface area contributed by atoms with Gasteiger partial charge < -0.3 is 10.6 Å². The Hall–Kier alpha value is -0.860. The fourth-order valence-corrected chi connectivity index (χ4v) is 1.13. The summed E-state index contributed by atoms with van der Waals surface area (Å²) in [5, 5.41) is 6.58. The first-order valence-corrected chi connectivity index (χ1v) is 4.75. The fourth-order valence-electron chi connectivity index (χ4n) is 1.13. The minimum atomic E-state index is 0.531. The molecule has 72 valence electrons. The third-order valence-electron chi connectivity index (χ3n) is 2.12. The van der Waals surface area contributed by atoms with Crippen molar-refractivity contribution in [1.29, 1.82) is 0 Å². The predicted octanol–water partition coefficient (Wildman–Crippen LogP) is 1.38. The Morgan fingerprint density at radius 3 is 2.54 bits per heavy atom. The lowest BCUT2D eigenvalue weighted by Crippen LogP contribution is -2.33. The van der Waals surface area contributed by atoms with Crippen molar-refractivity contribution in [2.45, 2.75) is 19.5 Å². The number of rotatable bonds is 5. The van der Waals surface area contributed by atoms with E-state index < -0.39 is 0 Å². The van der Waals surface area contributed by atoms with Gasteiger partial charge in [-0.15, -0.1) is 0 Å². The van der Waals surface area contributed by atoms with Crippen molar-refractivity contribution in [3.05, 3.63) is 35.9 Å². The van der Waals surface area contributed by atoms with Crippen molar-refractivity contribution in [3.8, 4) is 0 Å². The average Bonchev–Trinajstić information content (AvgIpc) is 2.19. The Morgan fingerprint density at radius 2 is 1.92 bits per heavy atom. The number of hydrogen-bond acceptors (Lipinski definition) is 2. The average molecular weight is 178 g/mol. The van der Waals surface area contributed by atoms with E-state index in [2.05, 4.69) is 41.8 Å². The van der Waals surface area contributed by atoms with Crippen molar-refractivity contribution in [3.63, 3.8) is 0 Å². The normalized spacial score (nSPS) is 12.8. The zero-order chi connectivity index (χ0) is 9.52. The van der Waals surface area contributed by atoms with E-state index in [-0.39, 0.29) is 0 Å². The Balaban J connectivity index is 2.20. The highest BCUT2D eigenvalue weighted by Crippen LogP contribution is 1.96. The lowest BCUT2D eigenvalue weighted by atomic mass is 10.2. The number of benzene rings is 1. The second-order valence-electron chi connectivity index (χ2n) is 3.31. The summed E-state index contributed by atoms with van der Waals surface area (Å²) in [5.74, 6) is 0. The number of nitrogens with one attached hydrogen (secondary N) is 2. The molecule has 1 aromatic rings. The highest BCUT2D eigenvalue weighted by atomic mass is 14.9. The molecule has 0 fully saturated rings.